The van der Waals surface area contributed by atoms with Crippen LogP contribution in [0.4, 0.5) is 0 Å². The zero-order valence-corrected chi connectivity index (χ0v) is 10.2. The molecule has 0 radical (unpaired) electrons. The number of aromatic nitrogens is 3. The molecule has 2 rings (SSSR count). The molecular formula is C13H13N3O2. The third-order valence-electron chi connectivity index (χ3n) is 2.17. The fraction of sp³-hybridized carbons (Fsp3) is 0.231. The maximum atomic E-state index is 11.6. The van der Waals surface area contributed by atoms with E-state index in [1.165, 1.54) is 12.4 Å². The number of carbonyl (C=O) groups excluding carboxylic acids is 1. The summed E-state index contributed by atoms with van der Waals surface area (Å²) in [7, 11) is 0. The second-order valence-corrected chi connectivity index (χ2v) is 3.99. The fourth-order valence-electron chi connectivity index (χ4n) is 1.37. The molecule has 92 valence electrons. The minimum Gasteiger partial charge on any atom is -0.459 e. The predicted octanol–water partition coefficient (Wildman–Crippen LogP) is 2.10. The van der Waals surface area contributed by atoms with Crippen molar-refractivity contribution in [1.29, 1.82) is 0 Å². The van der Waals surface area contributed by atoms with Gasteiger partial charge in [-0.05, 0) is 26.0 Å². The average Bonchev–Trinajstić information content (AvgIpc) is 2.39. The van der Waals surface area contributed by atoms with Gasteiger partial charge in [0.15, 0.2) is 5.82 Å². The van der Waals surface area contributed by atoms with Crippen molar-refractivity contribution < 1.29 is 9.53 Å². The molecule has 2 heterocycles. The molecule has 0 aromatic carbocycles. The maximum absolute atomic E-state index is 11.6. The first-order valence-corrected chi connectivity index (χ1v) is 5.60. The number of hydrogen-bond donors (Lipinski definition) is 0. The van der Waals surface area contributed by atoms with Crippen LogP contribution < -0.4 is 0 Å². The summed E-state index contributed by atoms with van der Waals surface area (Å²) < 4.78 is 5.05. The van der Waals surface area contributed by atoms with Gasteiger partial charge in [0.05, 0.1) is 11.7 Å². The van der Waals surface area contributed by atoms with Crippen LogP contribution in [0.5, 0.6) is 0 Å². The zero-order chi connectivity index (χ0) is 13.0. The lowest BCUT2D eigenvalue weighted by Gasteiger charge is -2.07. The summed E-state index contributed by atoms with van der Waals surface area (Å²) in [5, 5.41) is 0. The second kappa shape index (κ2) is 5.35. The van der Waals surface area contributed by atoms with Gasteiger partial charge in [-0.2, -0.15) is 0 Å². The number of pyridine rings is 1. The first-order chi connectivity index (χ1) is 8.66. The quantitative estimate of drug-likeness (QED) is 0.772. The molecule has 0 saturated heterocycles. The Balaban J connectivity index is 2.18. The highest BCUT2D eigenvalue weighted by Gasteiger charge is 2.10. The van der Waals surface area contributed by atoms with Gasteiger partial charge in [-0.15, -0.1) is 0 Å². The van der Waals surface area contributed by atoms with Gasteiger partial charge in [-0.1, -0.05) is 0 Å². The van der Waals surface area contributed by atoms with Gasteiger partial charge in [0, 0.05) is 30.4 Å². The molecule has 0 atom stereocenters. The van der Waals surface area contributed by atoms with E-state index >= 15 is 0 Å². The number of nitrogens with zero attached hydrogens (tertiary/aromatic N) is 3. The molecule has 0 fully saturated rings. The van der Waals surface area contributed by atoms with E-state index in [1.807, 2.05) is 0 Å². The first-order valence-electron chi connectivity index (χ1n) is 5.60. The summed E-state index contributed by atoms with van der Waals surface area (Å²) in [6.45, 7) is 3.59. The van der Waals surface area contributed by atoms with Crippen LogP contribution in [0.3, 0.4) is 0 Å². The molecule has 5 nitrogen and oxygen atoms in total. The lowest BCUT2D eigenvalue weighted by molar-refractivity contribution is 0.0377. The van der Waals surface area contributed by atoms with Crippen molar-refractivity contribution in [3.63, 3.8) is 0 Å². The molecule has 0 bridgehead atoms. The standard InChI is InChI=1S/C13H13N3O2/c1-9(2)18-13(17)11-7-15-12(16-8-11)10-3-5-14-6-4-10/h3-9H,1-2H3. The Hall–Kier alpha value is -2.30. The highest BCUT2D eigenvalue weighted by atomic mass is 16.5. The third-order valence-corrected chi connectivity index (χ3v) is 2.17. The van der Waals surface area contributed by atoms with Crippen LogP contribution in [-0.4, -0.2) is 27.0 Å². The van der Waals surface area contributed by atoms with Gasteiger partial charge in [0.2, 0.25) is 0 Å². The molecule has 0 amide bonds. The van der Waals surface area contributed by atoms with Crippen LogP contribution in [0.2, 0.25) is 0 Å². The molecule has 2 aromatic rings. The van der Waals surface area contributed by atoms with Gasteiger partial charge >= 0.3 is 5.97 Å². The topological polar surface area (TPSA) is 65.0 Å². The molecule has 2 aromatic heterocycles. The van der Waals surface area contributed by atoms with E-state index in [1.54, 1.807) is 38.4 Å². The Morgan fingerprint density at radius 3 is 2.33 bits per heavy atom. The lowest BCUT2D eigenvalue weighted by Crippen LogP contribution is -2.12. The van der Waals surface area contributed by atoms with Crippen LogP contribution in [0.15, 0.2) is 36.9 Å². The van der Waals surface area contributed by atoms with E-state index < -0.39 is 5.97 Å². The van der Waals surface area contributed by atoms with Crippen LogP contribution >= 0.6 is 0 Å². The van der Waals surface area contributed by atoms with E-state index in [9.17, 15) is 4.79 Å². The van der Waals surface area contributed by atoms with Crippen molar-refractivity contribution in [3.05, 3.63) is 42.5 Å². The Morgan fingerprint density at radius 1 is 1.17 bits per heavy atom. The first kappa shape index (κ1) is 12.2. The van der Waals surface area contributed by atoms with Crippen LogP contribution in [0.25, 0.3) is 11.4 Å². The molecule has 0 spiro atoms. The average molecular weight is 243 g/mol. The van der Waals surface area contributed by atoms with Crippen molar-refractivity contribution in [2.75, 3.05) is 0 Å². The monoisotopic (exact) mass is 243 g/mol. The second-order valence-electron chi connectivity index (χ2n) is 3.99. The Kier molecular flexibility index (Phi) is 3.62. The normalized spacial score (nSPS) is 10.4. The SMILES string of the molecule is CC(C)OC(=O)c1cnc(-c2ccncc2)nc1. The lowest BCUT2D eigenvalue weighted by atomic mass is 10.2. The summed E-state index contributed by atoms with van der Waals surface area (Å²) in [6, 6.07) is 3.61. The van der Waals surface area contributed by atoms with E-state index in [0.717, 1.165) is 5.56 Å². The zero-order valence-electron chi connectivity index (χ0n) is 10.2. The minimum atomic E-state index is -0.411. The molecule has 0 aliphatic carbocycles. The van der Waals surface area contributed by atoms with Crippen molar-refractivity contribution in [3.8, 4) is 11.4 Å². The van der Waals surface area contributed by atoms with Gasteiger partial charge in [-0.25, -0.2) is 14.8 Å². The van der Waals surface area contributed by atoms with Gasteiger partial charge in [0.1, 0.15) is 0 Å². The van der Waals surface area contributed by atoms with E-state index in [-0.39, 0.29) is 6.10 Å². The summed E-state index contributed by atoms with van der Waals surface area (Å²) in [4.78, 5) is 23.8. The van der Waals surface area contributed by atoms with Gasteiger partial charge in [0.25, 0.3) is 0 Å². The molecular weight excluding hydrogens is 230 g/mol. The van der Waals surface area contributed by atoms with E-state index in [0.29, 0.717) is 11.4 Å². The van der Waals surface area contributed by atoms with Crippen molar-refractivity contribution in [1.82, 2.24) is 15.0 Å². The number of ether oxygens (including phenoxy) is 1. The number of rotatable bonds is 3. The Labute approximate surface area is 105 Å². The molecule has 0 unspecified atom stereocenters. The Bertz CT molecular complexity index is 524. The van der Waals surface area contributed by atoms with Gasteiger partial charge < -0.3 is 4.74 Å². The van der Waals surface area contributed by atoms with Crippen LogP contribution in [-0.2, 0) is 4.74 Å². The van der Waals surface area contributed by atoms with Crippen LogP contribution in [0, 0.1) is 0 Å². The molecule has 0 saturated carbocycles. The van der Waals surface area contributed by atoms with Gasteiger partial charge in [-0.3, -0.25) is 4.98 Å². The molecule has 5 heteroatoms. The van der Waals surface area contributed by atoms with Crippen molar-refractivity contribution >= 4 is 5.97 Å². The Morgan fingerprint density at radius 2 is 1.78 bits per heavy atom. The summed E-state index contributed by atoms with van der Waals surface area (Å²) in [5.74, 6) is 0.143. The number of esters is 1. The highest BCUT2D eigenvalue weighted by Crippen LogP contribution is 2.12. The number of carbonyl (C=O) groups is 1. The molecule has 0 aliphatic heterocycles. The molecule has 18 heavy (non-hydrogen) atoms. The minimum absolute atomic E-state index is 0.155. The predicted molar refractivity (Wildman–Crippen MR) is 65.8 cm³/mol. The third kappa shape index (κ3) is 2.88. The number of hydrogen-bond acceptors (Lipinski definition) is 5. The smallest absolute Gasteiger partial charge is 0.341 e. The maximum Gasteiger partial charge on any atom is 0.341 e. The highest BCUT2D eigenvalue weighted by molar-refractivity contribution is 5.88. The largest absolute Gasteiger partial charge is 0.459 e. The summed E-state index contributed by atoms with van der Waals surface area (Å²) in [6.07, 6.45) is 6.11. The summed E-state index contributed by atoms with van der Waals surface area (Å²) in [5.41, 5.74) is 1.20. The van der Waals surface area contributed by atoms with Crippen molar-refractivity contribution in [2.24, 2.45) is 0 Å². The van der Waals surface area contributed by atoms with E-state index in [4.69, 9.17) is 4.74 Å². The van der Waals surface area contributed by atoms with Crippen molar-refractivity contribution in [2.45, 2.75) is 20.0 Å². The fourth-order valence-corrected chi connectivity index (χ4v) is 1.37. The summed E-state index contributed by atoms with van der Waals surface area (Å²) >= 11 is 0. The molecule has 0 N–H and O–H groups in total. The van der Waals surface area contributed by atoms with E-state index in [2.05, 4.69) is 15.0 Å². The molecule has 0 aliphatic rings. The van der Waals surface area contributed by atoms with Crippen LogP contribution in [0.1, 0.15) is 24.2 Å².